The fourth-order valence-electron chi connectivity index (χ4n) is 2.81. The minimum atomic E-state index is -0.708. The monoisotopic (exact) mass is 373 g/mol. The molecule has 2 rings (SSSR count). The van der Waals surface area contributed by atoms with Gasteiger partial charge in [0, 0.05) is 11.5 Å². The van der Waals surface area contributed by atoms with E-state index in [0.717, 1.165) is 0 Å². The van der Waals surface area contributed by atoms with Gasteiger partial charge in [0.25, 0.3) is 0 Å². The first-order valence-corrected chi connectivity index (χ1v) is 7.82. The van der Waals surface area contributed by atoms with Crippen LogP contribution in [0, 0.1) is 11.7 Å². The third kappa shape index (κ3) is 3.35. The van der Waals surface area contributed by atoms with Gasteiger partial charge in [-0.3, -0.25) is 15.6 Å². The molecule has 0 heterocycles. The average molecular weight is 374 g/mol. The smallest absolute Gasteiger partial charge is 0.249 e. The Labute approximate surface area is 137 Å². The van der Waals surface area contributed by atoms with Crippen LogP contribution >= 0.6 is 28.1 Å². The Morgan fingerprint density at radius 1 is 1.38 bits per heavy atom. The zero-order valence-corrected chi connectivity index (χ0v) is 14.2. The Morgan fingerprint density at radius 2 is 2.05 bits per heavy atom. The topological polar surface area (TPSA) is 53.2 Å². The van der Waals surface area contributed by atoms with Crippen molar-refractivity contribution >= 4 is 39.2 Å². The number of benzene rings is 1. The number of hydrogen-bond acceptors (Lipinski definition) is 2. The van der Waals surface area contributed by atoms with Gasteiger partial charge >= 0.3 is 0 Å². The maximum Gasteiger partial charge on any atom is 0.249 e. The zero-order valence-electron chi connectivity index (χ0n) is 11.8. The molecule has 0 aliphatic heterocycles. The van der Waals surface area contributed by atoms with Gasteiger partial charge in [0.1, 0.15) is 5.82 Å². The highest BCUT2D eigenvalue weighted by Gasteiger charge is 2.50. The molecule has 0 atom stereocenters. The third-order valence-electron chi connectivity index (χ3n) is 3.76. The summed E-state index contributed by atoms with van der Waals surface area (Å²) in [7, 11) is 1.66. The molecule has 0 saturated heterocycles. The van der Waals surface area contributed by atoms with Crippen LogP contribution in [-0.4, -0.2) is 18.1 Å². The van der Waals surface area contributed by atoms with Gasteiger partial charge < -0.3 is 5.32 Å². The molecule has 1 fully saturated rings. The predicted molar refractivity (Wildman–Crippen MR) is 87.1 cm³/mol. The third-order valence-corrected chi connectivity index (χ3v) is 4.52. The van der Waals surface area contributed by atoms with Crippen molar-refractivity contribution < 1.29 is 9.18 Å². The fourth-order valence-corrected chi connectivity index (χ4v) is 3.32. The van der Waals surface area contributed by atoms with E-state index in [4.69, 9.17) is 12.2 Å². The summed E-state index contributed by atoms with van der Waals surface area (Å²) in [4.78, 5) is 12.5. The number of carbonyl (C=O) groups is 1. The average Bonchev–Trinajstić information content (AvgIpc) is 2.39. The predicted octanol–water partition coefficient (Wildman–Crippen LogP) is 2.38. The normalized spacial score (nSPS) is 23.9. The molecule has 4 nitrogen and oxygen atoms in total. The quantitative estimate of drug-likeness (QED) is 0.550. The second-order valence-corrected chi connectivity index (χ2v) is 6.74. The molecule has 21 heavy (non-hydrogen) atoms. The molecule has 114 valence electrons. The highest BCUT2D eigenvalue weighted by molar-refractivity contribution is 9.10. The number of carbonyl (C=O) groups excluding carboxylic acids is 1. The van der Waals surface area contributed by atoms with Crippen molar-refractivity contribution in [2.24, 2.45) is 5.92 Å². The Balaban J connectivity index is 2.24. The summed E-state index contributed by atoms with van der Waals surface area (Å²) in [5.74, 6) is -0.130. The molecular formula is C14H17BrFN3OS. The van der Waals surface area contributed by atoms with Gasteiger partial charge in [-0.1, -0.05) is 22.9 Å². The van der Waals surface area contributed by atoms with Crippen LogP contribution in [0.3, 0.4) is 0 Å². The lowest BCUT2D eigenvalue weighted by Gasteiger charge is -2.45. The first kappa shape index (κ1) is 16.2. The van der Waals surface area contributed by atoms with Crippen LogP contribution in [0.1, 0.15) is 25.3 Å². The lowest BCUT2D eigenvalue weighted by atomic mass is 9.58. The fraction of sp³-hybridized carbons (Fsp3) is 0.429. The molecule has 7 heteroatoms. The molecule has 0 radical (unpaired) electrons. The van der Waals surface area contributed by atoms with E-state index >= 15 is 0 Å². The lowest BCUT2D eigenvalue weighted by Crippen LogP contribution is -2.57. The van der Waals surface area contributed by atoms with Crippen molar-refractivity contribution in [2.45, 2.75) is 25.2 Å². The van der Waals surface area contributed by atoms with Gasteiger partial charge in [-0.2, -0.15) is 0 Å². The summed E-state index contributed by atoms with van der Waals surface area (Å²) in [6.45, 7) is 2.07. The van der Waals surface area contributed by atoms with Gasteiger partial charge in [-0.05, 0) is 54.7 Å². The van der Waals surface area contributed by atoms with E-state index in [-0.39, 0.29) is 11.7 Å². The number of nitrogens with one attached hydrogen (secondary N) is 3. The van der Waals surface area contributed by atoms with E-state index in [1.807, 2.05) is 0 Å². The van der Waals surface area contributed by atoms with Crippen LogP contribution in [0.4, 0.5) is 4.39 Å². The van der Waals surface area contributed by atoms with Gasteiger partial charge in [-0.25, -0.2) is 4.39 Å². The number of rotatable bonds is 2. The zero-order chi connectivity index (χ0) is 15.6. The summed E-state index contributed by atoms with van der Waals surface area (Å²) >= 11 is 8.21. The molecule has 1 aliphatic carbocycles. The molecule has 1 aromatic carbocycles. The number of hydrogen-bond donors (Lipinski definition) is 3. The standard InChI is InChI=1S/C14H17BrFN3OS/c1-8-6-14(7-8,12(20)18-19-13(21)17-2)9-3-10(15)5-11(16)4-9/h3-5,8H,6-7H2,1-2H3,(H,18,20)(H2,17,19,21). The maximum atomic E-state index is 13.6. The van der Waals surface area contributed by atoms with Crippen LogP contribution in [0.2, 0.25) is 0 Å². The summed E-state index contributed by atoms with van der Waals surface area (Å²) in [6, 6.07) is 4.60. The molecule has 1 aromatic rings. The first-order chi connectivity index (χ1) is 9.87. The van der Waals surface area contributed by atoms with Crippen molar-refractivity contribution in [3.05, 3.63) is 34.1 Å². The Bertz CT molecular complexity index is 555. The largest absolute Gasteiger partial charge is 0.364 e. The van der Waals surface area contributed by atoms with Crippen molar-refractivity contribution in [3.63, 3.8) is 0 Å². The van der Waals surface area contributed by atoms with Gasteiger partial charge in [0.05, 0.1) is 5.41 Å². The van der Waals surface area contributed by atoms with Crippen LogP contribution < -0.4 is 16.2 Å². The summed E-state index contributed by atoms with van der Waals surface area (Å²) in [5, 5.41) is 3.04. The van der Waals surface area contributed by atoms with Gasteiger partial charge in [0.2, 0.25) is 5.91 Å². The highest BCUT2D eigenvalue weighted by atomic mass is 79.9. The molecule has 0 spiro atoms. The van der Waals surface area contributed by atoms with E-state index in [1.54, 1.807) is 13.1 Å². The van der Waals surface area contributed by atoms with Gasteiger partial charge in [-0.15, -0.1) is 0 Å². The second kappa shape index (κ2) is 6.27. The number of amides is 1. The Morgan fingerprint density at radius 3 is 2.57 bits per heavy atom. The van der Waals surface area contributed by atoms with Crippen LogP contribution in [0.15, 0.2) is 22.7 Å². The summed E-state index contributed by atoms with van der Waals surface area (Å²) in [6.07, 6.45) is 1.37. The minimum absolute atomic E-state index is 0.198. The van der Waals surface area contributed by atoms with Gasteiger partial charge in [0.15, 0.2) is 5.11 Å². The molecule has 1 aliphatic rings. The van der Waals surface area contributed by atoms with Crippen molar-refractivity contribution in [3.8, 4) is 0 Å². The molecule has 0 aromatic heterocycles. The number of hydrazine groups is 1. The minimum Gasteiger partial charge on any atom is -0.364 e. The van der Waals surface area contributed by atoms with E-state index in [2.05, 4.69) is 39.0 Å². The highest BCUT2D eigenvalue weighted by Crippen LogP contribution is 2.48. The van der Waals surface area contributed by atoms with Crippen LogP contribution in [0.5, 0.6) is 0 Å². The summed E-state index contributed by atoms with van der Waals surface area (Å²) in [5.41, 5.74) is 5.21. The Kier molecular flexibility index (Phi) is 4.83. The molecule has 1 saturated carbocycles. The van der Waals surface area contributed by atoms with Crippen LogP contribution in [0.25, 0.3) is 0 Å². The second-order valence-electron chi connectivity index (χ2n) is 5.41. The molecular weight excluding hydrogens is 357 g/mol. The molecule has 3 N–H and O–H groups in total. The molecule has 0 unspecified atom stereocenters. The van der Waals surface area contributed by atoms with Crippen LogP contribution in [-0.2, 0) is 10.2 Å². The van der Waals surface area contributed by atoms with Crippen molar-refractivity contribution in [2.75, 3.05) is 7.05 Å². The van der Waals surface area contributed by atoms with Crippen molar-refractivity contribution in [1.82, 2.24) is 16.2 Å². The Hall–Kier alpha value is -1.21. The van der Waals surface area contributed by atoms with Crippen molar-refractivity contribution in [1.29, 1.82) is 0 Å². The van der Waals surface area contributed by atoms with E-state index in [1.165, 1.54) is 12.1 Å². The lowest BCUT2D eigenvalue weighted by molar-refractivity contribution is -0.132. The maximum absolute atomic E-state index is 13.6. The molecule has 0 bridgehead atoms. The number of thiocarbonyl (C=S) groups is 1. The molecule has 1 amide bonds. The van der Waals surface area contributed by atoms with E-state index in [0.29, 0.717) is 33.9 Å². The SMILES string of the molecule is CNC(=S)NNC(=O)C1(c2cc(F)cc(Br)c2)CC(C)C1. The number of halogens is 2. The summed E-state index contributed by atoms with van der Waals surface area (Å²) < 4.78 is 14.3. The van der Waals surface area contributed by atoms with E-state index in [9.17, 15) is 9.18 Å². The van der Waals surface area contributed by atoms with E-state index < -0.39 is 5.41 Å². The first-order valence-electron chi connectivity index (χ1n) is 6.62.